The molecule has 2 aromatic carbocycles. The van der Waals surface area contributed by atoms with Crippen molar-refractivity contribution in [3.8, 4) is 0 Å². The number of carbonyl (C=O) groups is 2. The molecule has 0 bridgehead atoms. The zero-order chi connectivity index (χ0) is 19.8. The number of aryl methyl sites for hydroxylation is 1. The Hall–Kier alpha value is -2.38. The van der Waals surface area contributed by atoms with E-state index in [0.717, 1.165) is 6.26 Å². The maximum absolute atomic E-state index is 12.7. The fraction of sp³-hybridized carbons (Fsp3) is 0.263. The highest BCUT2D eigenvalue weighted by Gasteiger charge is 2.34. The predicted octanol–water partition coefficient (Wildman–Crippen LogP) is 2.59. The summed E-state index contributed by atoms with van der Waals surface area (Å²) in [5.74, 6) is -0.717. The van der Waals surface area contributed by atoms with E-state index < -0.39 is 21.8 Å². The molecule has 1 aliphatic heterocycles. The largest absolute Gasteiger partial charge is 0.340 e. The average Bonchev–Trinajstić information content (AvgIpc) is 2.95. The Morgan fingerprint density at radius 1 is 1.22 bits per heavy atom. The van der Waals surface area contributed by atoms with Gasteiger partial charge in [0.1, 0.15) is 6.04 Å². The summed E-state index contributed by atoms with van der Waals surface area (Å²) < 4.78 is 23.5. The van der Waals surface area contributed by atoms with E-state index in [4.69, 9.17) is 11.6 Å². The fourth-order valence-corrected chi connectivity index (χ4v) is 3.92. The van der Waals surface area contributed by atoms with E-state index in [1.54, 1.807) is 42.2 Å². The molecule has 1 N–H and O–H groups in total. The van der Waals surface area contributed by atoms with E-state index in [0.29, 0.717) is 29.2 Å². The van der Waals surface area contributed by atoms with E-state index >= 15 is 0 Å². The number of carbonyl (C=O) groups excluding carboxylic acids is 2. The maximum atomic E-state index is 12.7. The number of halogens is 1. The van der Waals surface area contributed by atoms with Crippen molar-refractivity contribution in [2.45, 2.75) is 24.3 Å². The Bertz CT molecular complexity index is 1020. The predicted molar refractivity (Wildman–Crippen MR) is 104 cm³/mol. The molecule has 1 heterocycles. The summed E-state index contributed by atoms with van der Waals surface area (Å²) in [6.45, 7) is 2.16. The topological polar surface area (TPSA) is 83.6 Å². The lowest BCUT2D eigenvalue weighted by molar-refractivity contribution is -0.118. The molecular formula is C19H19ClN2O4S. The molecule has 1 unspecified atom stereocenters. The first-order chi connectivity index (χ1) is 12.7. The molecule has 27 heavy (non-hydrogen) atoms. The minimum absolute atomic E-state index is 0.0636. The van der Waals surface area contributed by atoms with Crippen LogP contribution in [-0.4, -0.2) is 39.1 Å². The summed E-state index contributed by atoms with van der Waals surface area (Å²) >= 11 is 6.16. The van der Waals surface area contributed by atoms with Crippen LogP contribution in [0.3, 0.4) is 0 Å². The van der Waals surface area contributed by atoms with Crippen molar-refractivity contribution in [3.63, 3.8) is 0 Å². The summed E-state index contributed by atoms with van der Waals surface area (Å²) in [6.07, 6.45) is 1.53. The number of hydrogen-bond acceptors (Lipinski definition) is 4. The summed E-state index contributed by atoms with van der Waals surface area (Å²) in [7, 11) is -3.43. The van der Waals surface area contributed by atoms with Gasteiger partial charge in [-0.15, -0.1) is 0 Å². The Morgan fingerprint density at radius 2 is 1.93 bits per heavy atom. The van der Waals surface area contributed by atoms with Gasteiger partial charge in [0, 0.05) is 18.4 Å². The number of benzene rings is 2. The van der Waals surface area contributed by atoms with Crippen molar-refractivity contribution >= 4 is 38.9 Å². The highest BCUT2D eigenvalue weighted by atomic mass is 35.5. The molecule has 1 aliphatic rings. The van der Waals surface area contributed by atoms with Crippen LogP contribution in [0.25, 0.3) is 0 Å². The second kappa shape index (κ2) is 7.32. The van der Waals surface area contributed by atoms with E-state index in [-0.39, 0.29) is 16.4 Å². The minimum atomic E-state index is -3.43. The van der Waals surface area contributed by atoms with Crippen molar-refractivity contribution in [3.05, 3.63) is 58.6 Å². The molecule has 0 aromatic heterocycles. The summed E-state index contributed by atoms with van der Waals surface area (Å²) in [4.78, 5) is 27.0. The van der Waals surface area contributed by atoms with Gasteiger partial charge in [-0.25, -0.2) is 8.42 Å². The molecule has 3 rings (SSSR count). The molecule has 1 saturated heterocycles. The lowest BCUT2D eigenvalue weighted by atomic mass is 10.1. The standard InChI is InChI=1S/C19H19ClN2O4S/c1-12-7-8-13(27(2,25)26)11-14(12)18(23)21-16-9-10-22(19(16)24)17-6-4-3-5-15(17)20/h3-8,11,16H,9-10H2,1-2H3,(H,21,23). The third-order valence-corrected chi connectivity index (χ3v) is 5.97. The third-order valence-electron chi connectivity index (χ3n) is 4.54. The molecule has 2 aromatic rings. The van der Waals surface area contributed by atoms with Crippen LogP contribution in [0.2, 0.25) is 5.02 Å². The molecule has 142 valence electrons. The Balaban J connectivity index is 1.80. The first-order valence-corrected chi connectivity index (χ1v) is 10.6. The van der Waals surface area contributed by atoms with Gasteiger partial charge >= 0.3 is 0 Å². The number of para-hydroxylation sites is 1. The van der Waals surface area contributed by atoms with Gasteiger partial charge in [0.15, 0.2) is 9.84 Å². The second-order valence-electron chi connectivity index (χ2n) is 6.50. The van der Waals surface area contributed by atoms with Crippen molar-refractivity contribution in [2.24, 2.45) is 0 Å². The number of hydrogen-bond donors (Lipinski definition) is 1. The SMILES string of the molecule is Cc1ccc(S(C)(=O)=O)cc1C(=O)NC1CCN(c2ccccc2Cl)C1=O. The first-order valence-electron chi connectivity index (χ1n) is 8.36. The van der Waals surface area contributed by atoms with E-state index in [1.807, 2.05) is 0 Å². The highest BCUT2D eigenvalue weighted by Crippen LogP contribution is 2.29. The number of rotatable bonds is 4. The van der Waals surface area contributed by atoms with E-state index in [2.05, 4.69) is 5.32 Å². The molecule has 1 fully saturated rings. The number of sulfone groups is 1. The Labute approximate surface area is 163 Å². The number of nitrogens with zero attached hydrogens (tertiary/aromatic N) is 1. The molecule has 8 heteroatoms. The van der Waals surface area contributed by atoms with E-state index in [1.165, 1.54) is 12.1 Å². The average molecular weight is 407 g/mol. The second-order valence-corrected chi connectivity index (χ2v) is 8.93. The number of amides is 2. The molecule has 1 atom stereocenters. The first kappa shape index (κ1) is 19.4. The highest BCUT2D eigenvalue weighted by molar-refractivity contribution is 7.90. The third kappa shape index (κ3) is 3.99. The van der Waals surface area contributed by atoms with Gasteiger partial charge < -0.3 is 10.2 Å². The molecule has 0 aliphatic carbocycles. The quantitative estimate of drug-likeness (QED) is 0.845. The van der Waals surface area contributed by atoms with Gasteiger partial charge in [0.2, 0.25) is 5.91 Å². The monoisotopic (exact) mass is 406 g/mol. The van der Waals surface area contributed by atoms with Gasteiger partial charge in [0.25, 0.3) is 5.91 Å². The Morgan fingerprint density at radius 3 is 2.59 bits per heavy atom. The fourth-order valence-electron chi connectivity index (χ4n) is 3.04. The molecule has 0 saturated carbocycles. The summed E-state index contributed by atoms with van der Waals surface area (Å²) in [5.41, 5.74) is 1.48. The van der Waals surface area contributed by atoms with Crippen molar-refractivity contribution in [2.75, 3.05) is 17.7 Å². The van der Waals surface area contributed by atoms with E-state index in [9.17, 15) is 18.0 Å². The lowest BCUT2D eigenvalue weighted by Gasteiger charge is -2.18. The summed E-state index contributed by atoms with van der Waals surface area (Å²) in [5, 5.41) is 3.18. The van der Waals surface area contributed by atoms with Crippen molar-refractivity contribution in [1.82, 2.24) is 5.32 Å². The van der Waals surface area contributed by atoms with Gasteiger partial charge in [-0.2, -0.15) is 0 Å². The summed E-state index contributed by atoms with van der Waals surface area (Å²) in [6, 6.07) is 10.7. The van der Waals surface area contributed by atoms with Crippen molar-refractivity contribution in [1.29, 1.82) is 0 Å². The molecule has 6 nitrogen and oxygen atoms in total. The number of anilines is 1. The van der Waals surface area contributed by atoms with Crippen LogP contribution >= 0.6 is 11.6 Å². The maximum Gasteiger partial charge on any atom is 0.252 e. The van der Waals surface area contributed by atoms with Crippen LogP contribution in [0.15, 0.2) is 47.4 Å². The van der Waals surface area contributed by atoms with Crippen molar-refractivity contribution < 1.29 is 18.0 Å². The van der Waals surface area contributed by atoms with Gasteiger partial charge in [-0.1, -0.05) is 29.8 Å². The molecule has 0 radical (unpaired) electrons. The van der Waals surface area contributed by atoms with Crippen LogP contribution in [0.1, 0.15) is 22.3 Å². The molecular weight excluding hydrogens is 388 g/mol. The smallest absolute Gasteiger partial charge is 0.252 e. The Kier molecular flexibility index (Phi) is 5.26. The normalized spacial score (nSPS) is 17.2. The minimum Gasteiger partial charge on any atom is -0.340 e. The molecule has 2 amide bonds. The van der Waals surface area contributed by atoms with Gasteiger partial charge in [-0.3, -0.25) is 9.59 Å². The van der Waals surface area contributed by atoms with Crippen LogP contribution in [0.4, 0.5) is 5.69 Å². The number of nitrogens with one attached hydrogen (secondary N) is 1. The van der Waals surface area contributed by atoms with Crippen LogP contribution in [0, 0.1) is 6.92 Å². The van der Waals surface area contributed by atoms with Crippen LogP contribution in [-0.2, 0) is 14.6 Å². The lowest BCUT2D eigenvalue weighted by Crippen LogP contribution is -2.41. The van der Waals surface area contributed by atoms with Gasteiger partial charge in [-0.05, 0) is 43.2 Å². The zero-order valence-corrected chi connectivity index (χ0v) is 16.5. The van der Waals surface area contributed by atoms with Crippen LogP contribution in [0.5, 0.6) is 0 Å². The van der Waals surface area contributed by atoms with Crippen LogP contribution < -0.4 is 10.2 Å². The molecule has 0 spiro atoms. The van der Waals surface area contributed by atoms with Gasteiger partial charge in [0.05, 0.1) is 15.6 Å². The zero-order valence-electron chi connectivity index (χ0n) is 14.9.